The van der Waals surface area contributed by atoms with Crippen LogP contribution in [-0.4, -0.2) is 25.3 Å². The number of ether oxygens (including phenoxy) is 1. The Balaban J connectivity index is 2.35. The highest BCUT2D eigenvalue weighted by Gasteiger charge is 2.21. The summed E-state index contributed by atoms with van der Waals surface area (Å²) in [5.41, 5.74) is 1.18. The van der Waals surface area contributed by atoms with Crippen LogP contribution < -0.4 is 0 Å². The Morgan fingerprint density at radius 1 is 0.759 bits per heavy atom. The van der Waals surface area contributed by atoms with Crippen LogP contribution in [-0.2, 0) is 9.30 Å². The second kappa shape index (κ2) is 18.0. The second-order valence-corrected chi connectivity index (χ2v) is 11.6. The summed E-state index contributed by atoms with van der Waals surface area (Å²) in [6.07, 6.45) is 21.4. The lowest BCUT2D eigenvalue weighted by molar-refractivity contribution is 0.208. The van der Waals surface area contributed by atoms with E-state index in [0.29, 0.717) is 13.0 Å². The normalized spacial score (nSPS) is 12.1. The van der Waals surface area contributed by atoms with E-state index in [0.717, 1.165) is 25.2 Å². The lowest BCUT2D eigenvalue weighted by Crippen LogP contribution is -2.05. The zero-order valence-corrected chi connectivity index (χ0v) is 20.0. The highest BCUT2D eigenvalue weighted by Crippen LogP contribution is 2.47. The molecule has 0 aliphatic rings. The summed E-state index contributed by atoms with van der Waals surface area (Å²) in [6, 6.07) is 10.3. The number of unbranched alkanes of at least 4 members (excludes halogenated alkanes) is 10. The third-order valence-electron chi connectivity index (χ3n) is 5.49. The van der Waals surface area contributed by atoms with E-state index in [1.807, 2.05) is 24.3 Å². The Labute approximate surface area is 180 Å². The molecule has 0 amide bonds. The highest BCUT2D eigenvalue weighted by atomic mass is 31.2. The summed E-state index contributed by atoms with van der Waals surface area (Å²) in [6.45, 7) is 5.04. The Hall–Kier alpha value is -0.850. The summed E-state index contributed by atoms with van der Waals surface area (Å²) in [4.78, 5) is 0. The molecule has 0 N–H and O–H groups in total. The first-order valence-corrected chi connectivity index (χ1v) is 14.3. The fourth-order valence-corrected chi connectivity index (χ4v) is 6.16. The Kier molecular flexibility index (Phi) is 16.2. The number of rotatable bonds is 19. The van der Waals surface area contributed by atoms with Gasteiger partial charge in [-0.1, -0.05) is 121 Å². The van der Waals surface area contributed by atoms with E-state index >= 15 is 0 Å². The molecule has 0 unspecified atom stereocenters. The minimum Gasteiger partial charge on any atom is -0.370 e. The maximum atomic E-state index is 13.5. The van der Waals surface area contributed by atoms with Crippen molar-refractivity contribution in [2.24, 2.45) is 0 Å². The van der Waals surface area contributed by atoms with Crippen molar-refractivity contribution in [1.29, 1.82) is 0 Å². The maximum absolute atomic E-state index is 13.5. The molecule has 1 rings (SSSR count). The van der Waals surface area contributed by atoms with Crippen molar-refractivity contribution in [3.63, 3.8) is 0 Å². The third kappa shape index (κ3) is 14.7. The summed E-state index contributed by atoms with van der Waals surface area (Å²) in [5.74, 6) is 0. The standard InChI is InChI=1S/C26H45O2P/c1-3-5-7-9-11-16-23-29(27,24-17-12-10-8-6-4-2)25-28-22-18-21-26-19-14-13-15-20-26/h13-15,18-21H,3-12,16-17,22-25H2,1-2H3. The van der Waals surface area contributed by atoms with E-state index in [9.17, 15) is 4.57 Å². The average molecular weight is 421 g/mol. The molecule has 0 spiro atoms. The molecule has 0 aliphatic heterocycles. The van der Waals surface area contributed by atoms with Gasteiger partial charge in [0, 0.05) is 12.3 Å². The molecule has 0 atom stereocenters. The van der Waals surface area contributed by atoms with Gasteiger partial charge in [0.25, 0.3) is 0 Å². The molecule has 0 bridgehead atoms. The van der Waals surface area contributed by atoms with Crippen LogP contribution in [0.2, 0.25) is 0 Å². The first kappa shape index (κ1) is 26.2. The molecule has 1 aromatic rings. The molecule has 0 aliphatic carbocycles. The van der Waals surface area contributed by atoms with Crippen molar-refractivity contribution >= 4 is 13.2 Å². The third-order valence-corrected chi connectivity index (χ3v) is 8.40. The van der Waals surface area contributed by atoms with Gasteiger partial charge in [-0.05, 0) is 18.4 Å². The largest absolute Gasteiger partial charge is 0.370 e. The Morgan fingerprint density at radius 2 is 1.28 bits per heavy atom. The number of hydrogen-bond donors (Lipinski definition) is 0. The van der Waals surface area contributed by atoms with E-state index in [2.05, 4.69) is 32.1 Å². The van der Waals surface area contributed by atoms with Crippen LogP contribution in [0.4, 0.5) is 0 Å². The van der Waals surface area contributed by atoms with E-state index in [4.69, 9.17) is 4.74 Å². The van der Waals surface area contributed by atoms with Crippen molar-refractivity contribution in [2.45, 2.75) is 90.9 Å². The molecule has 1 aromatic carbocycles. The van der Waals surface area contributed by atoms with Gasteiger partial charge in [0.05, 0.1) is 6.61 Å². The zero-order valence-electron chi connectivity index (χ0n) is 19.1. The highest BCUT2D eigenvalue weighted by molar-refractivity contribution is 7.63. The van der Waals surface area contributed by atoms with Gasteiger partial charge in [0.15, 0.2) is 0 Å². The quantitative estimate of drug-likeness (QED) is 0.165. The molecular formula is C26H45O2P. The van der Waals surface area contributed by atoms with Gasteiger partial charge in [-0.3, -0.25) is 0 Å². The minimum absolute atomic E-state index is 0.454. The molecule has 166 valence electrons. The summed E-state index contributed by atoms with van der Waals surface area (Å²) < 4.78 is 19.3. The van der Waals surface area contributed by atoms with Crippen molar-refractivity contribution in [3.05, 3.63) is 42.0 Å². The lowest BCUT2D eigenvalue weighted by Gasteiger charge is -2.18. The van der Waals surface area contributed by atoms with Crippen LogP contribution in [0.25, 0.3) is 6.08 Å². The summed E-state index contributed by atoms with van der Waals surface area (Å²) in [5, 5.41) is 0. The van der Waals surface area contributed by atoms with Gasteiger partial charge in [-0.15, -0.1) is 0 Å². The molecule has 0 saturated heterocycles. The van der Waals surface area contributed by atoms with Crippen LogP contribution in [0.5, 0.6) is 0 Å². The predicted molar refractivity (Wildman–Crippen MR) is 130 cm³/mol. The molecule has 0 saturated carbocycles. The van der Waals surface area contributed by atoms with Gasteiger partial charge >= 0.3 is 0 Å². The van der Waals surface area contributed by atoms with E-state index in [1.165, 1.54) is 69.8 Å². The summed E-state index contributed by atoms with van der Waals surface area (Å²) >= 11 is 0. The van der Waals surface area contributed by atoms with Crippen LogP contribution in [0.1, 0.15) is 96.5 Å². The van der Waals surface area contributed by atoms with Gasteiger partial charge in [0.2, 0.25) is 0 Å². The molecule has 29 heavy (non-hydrogen) atoms. The Bertz CT molecular complexity index is 533. The van der Waals surface area contributed by atoms with Gasteiger partial charge < -0.3 is 9.30 Å². The van der Waals surface area contributed by atoms with E-state index < -0.39 is 7.14 Å². The lowest BCUT2D eigenvalue weighted by atomic mass is 10.1. The van der Waals surface area contributed by atoms with E-state index in [-0.39, 0.29) is 0 Å². The first-order chi connectivity index (χ1) is 14.2. The zero-order chi connectivity index (χ0) is 21.0. The van der Waals surface area contributed by atoms with Gasteiger partial charge in [0.1, 0.15) is 13.5 Å². The minimum atomic E-state index is -2.20. The van der Waals surface area contributed by atoms with Crippen molar-refractivity contribution in [2.75, 3.05) is 25.3 Å². The van der Waals surface area contributed by atoms with Crippen LogP contribution in [0.15, 0.2) is 36.4 Å². The van der Waals surface area contributed by atoms with Gasteiger partial charge in [-0.25, -0.2) is 0 Å². The molecule has 2 nitrogen and oxygen atoms in total. The predicted octanol–water partition coefficient (Wildman–Crippen LogP) is 8.76. The molecular weight excluding hydrogens is 375 g/mol. The van der Waals surface area contributed by atoms with Crippen LogP contribution in [0.3, 0.4) is 0 Å². The first-order valence-electron chi connectivity index (χ1n) is 12.1. The fourth-order valence-electron chi connectivity index (χ4n) is 3.64. The fraction of sp³-hybridized carbons (Fsp3) is 0.692. The molecule has 3 heteroatoms. The van der Waals surface area contributed by atoms with Crippen LogP contribution >= 0.6 is 7.14 Å². The van der Waals surface area contributed by atoms with Crippen molar-refractivity contribution in [3.8, 4) is 0 Å². The summed E-state index contributed by atoms with van der Waals surface area (Å²) in [7, 11) is -2.20. The SMILES string of the molecule is CCCCCCCCP(=O)(CCCCCCCC)COCC=Cc1ccccc1. The second-order valence-electron chi connectivity index (χ2n) is 8.35. The maximum Gasteiger partial charge on any atom is 0.112 e. The van der Waals surface area contributed by atoms with E-state index in [1.54, 1.807) is 0 Å². The van der Waals surface area contributed by atoms with Crippen LogP contribution in [0, 0.1) is 0 Å². The Morgan fingerprint density at radius 3 is 1.83 bits per heavy atom. The van der Waals surface area contributed by atoms with Gasteiger partial charge in [-0.2, -0.15) is 0 Å². The molecule has 0 radical (unpaired) electrons. The van der Waals surface area contributed by atoms with Crippen molar-refractivity contribution < 1.29 is 9.30 Å². The molecule has 0 heterocycles. The van der Waals surface area contributed by atoms with Crippen molar-refractivity contribution in [1.82, 2.24) is 0 Å². The topological polar surface area (TPSA) is 26.3 Å². The molecule has 0 aromatic heterocycles. The monoisotopic (exact) mass is 420 g/mol. The molecule has 0 fully saturated rings. The number of hydrogen-bond acceptors (Lipinski definition) is 2. The number of benzene rings is 1. The smallest absolute Gasteiger partial charge is 0.112 e. The average Bonchev–Trinajstić information content (AvgIpc) is 2.74.